The molecule has 2 aromatic rings. The van der Waals surface area contributed by atoms with Crippen LogP contribution in [0.1, 0.15) is 36.2 Å². The number of fused-ring (bicyclic) bond motifs is 1. The summed E-state index contributed by atoms with van der Waals surface area (Å²) in [4.78, 5) is 16.8. The van der Waals surface area contributed by atoms with Crippen LogP contribution in [-0.4, -0.2) is 26.5 Å². The van der Waals surface area contributed by atoms with Crippen molar-refractivity contribution in [3.8, 4) is 0 Å². The summed E-state index contributed by atoms with van der Waals surface area (Å²) in [6.45, 7) is 0. The number of amides is 1. The first-order valence-corrected chi connectivity index (χ1v) is 6.30. The SMILES string of the molecule is O=C(NC1CCCC1)c1cn2ncsc2n1. The third kappa shape index (κ3) is 1.69. The Labute approximate surface area is 96.5 Å². The number of aromatic nitrogens is 3. The number of rotatable bonds is 2. The normalized spacial score (nSPS) is 17.0. The number of imidazole rings is 1. The molecule has 2 aromatic heterocycles. The van der Waals surface area contributed by atoms with E-state index in [-0.39, 0.29) is 5.91 Å². The van der Waals surface area contributed by atoms with Crippen LogP contribution in [0.4, 0.5) is 0 Å². The van der Waals surface area contributed by atoms with E-state index in [4.69, 9.17) is 0 Å². The Hall–Kier alpha value is -1.43. The first-order valence-electron chi connectivity index (χ1n) is 5.43. The molecular formula is C10H12N4OS. The summed E-state index contributed by atoms with van der Waals surface area (Å²) in [5, 5.41) is 7.05. The molecule has 0 unspecified atom stereocenters. The van der Waals surface area contributed by atoms with Crippen LogP contribution in [-0.2, 0) is 0 Å². The van der Waals surface area contributed by atoms with Crippen molar-refractivity contribution in [3.63, 3.8) is 0 Å². The van der Waals surface area contributed by atoms with E-state index in [9.17, 15) is 4.79 Å². The predicted molar refractivity (Wildman–Crippen MR) is 60.6 cm³/mol. The van der Waals surface area contributed by atoms with Crippen LogP contribution in [0.25, 0.3) is 4.96 Å². The minimum atomic E-state index is -0.0791. The second-order valence-corrected chi connectivity index (χ2v) is 4.86. The number of hydrogen-bond donors (Lipinski definition) is 1. The number of carbonyl (C=O) groups excluding carboxylic acids is 1. The van der Waals surface area contributed by atoms with Gasteiger partial charge >= 0.3 is 0 Å². The molecule has 1 N–H and O–H groups in total. The van der Waals surface area contributed by atoms with Gasteiger partial charge in [0.15, 0.2) is 0 Å². The van der Waals surface area contributed by atoms with Crippen molar-refractivity contribution < 1.29 is 4.79 Å². The van der Waals surface area contributed by atoms with Crippen molar-refractivity contribution in [1.82, 2.24) is 19.9 Å². The molecule has 1 aliphatic rings. The summed E-state index contributed by atoms with van der Waals surface area (Å²) in [6, 6.07) is 0.334. The molecule has 0 bridgehead atoms. The van der Waals surface area contributed by atoms with Gasteiger partial charge in [0.1, 0.15) is 11.2 Å². The van der Waals surface area contributed by atoms with Crippen molar-refractivity contribution >= 4 is 22.2 Å². The molecule has 0 atom stereocenters. The van der Waals surface area contributed by atoms with Crippen molar-refractivity contribution in [1.29, 1.82) is 0 Å². The third-order valence-corrected chi connectivity index (χ3v) is 3.60. The Morgan fingerprint density at radius 2 is 2.31 bits per heavy atom. The maximum absolute atomic E-state index is 11.9. The Morgan fingerprint density at radius 1 is 1.50 bits per heavy atom. The van der Waals surface area contributed by atoms with Crippen LogP contribution in [0.2, 0.25) is 0 Å². The highest BCUT2D eigenvalue weighted by molar-refractivity contribution is 7.14. The van der Waals surface area contributed by atoms with Gasteiger partial charge in [-0.3, -0.25) is 4.79 Å². The second kappa shape index (κ2) is 3.86. The summed E-state index contributed by atoms with van der Waals surface area (Å²) in [5.74, 6) is -0.0791. The van der Waals surface area contributed by atoms with Gasteiger partial charge in [-0.05, 0) is 12.8 Å². The van der Waals surface area contributed by atoms with E-state index in [1.54, 1.807) is 16.2 Å². The zero-order valence-corrected chi connectivity index (χ0v) is 9.54. The predicted octanol–water partition coefficient (Wildman–Crippen LogP) is 1.46. The topological polar surface area (TPSA) is 59.3 Å². The van der Waals surface area contributed by atoms with Crippen molar-refractivity contribution in [2.75, 3.05) is 0 Å². The molecule has 16 heavy (non-hydrogen) atoms. The lowest BCUT2D eigenvalue weighted by molar-refractivity contribution is 0.0933. The first kappa shape index (κ1) is 9.77. The molecule has 5 nitrogen and oxygen atoms in total. The lowest BCUT2D eigenvalue weighted by Crippen LogP contribution is -2.32. The van der Waals surface area contributed by atoms with Crippen LogP contribution in [0.15, 0.2) is 11.7 Å². The average Bonchev–Trinajstić information content (AvgIpc) is 2.91. The van der Waals surface area contributed by atoms with Gasteiger partial charge in [0, 0.05) is 6.04 Å². The smallest absolute Gasteiger partial charge is 0.271 e. The fraction of sp³-hybridized carbons (Fsp3) is 0.500. The zero-order valence-electron chi connectivity index (χ0n) is 8.72. The van der Waals surface area contributed by atoms with Crippen LogP contribution in [0.5, 0.6) is 0 Å². The van der Waals surface area contributed by atoms with Gasteiger partial charge in [0.25, 0.3) is 5.91 Å². The minimum Gasteiger partial charge on any atom is -0.348 e. The standard InChI is InChI=1S/C10H12N4OS/c15-9(12-7-3-1-2-4-7)8-5-14-10(13-8)16-6-11-14/h5-7H,1-4H2,(H,12,15). The summed E-state index contributed by atoms with van der Waals surface area (Å²) in [5.41, 5.74) is 2.17. The summed E-state index contributed by atoms with van der Waals surface area (Å²) < 4.78 is 1.63. The van der Waals surface area contributed by atoms with Crippen molar-refractivity contribution in [2.45, 2.75) is 31.7 Å². The van der Waals surface area contributed by atoms with E-state index in [2.05, 4.69) is 15.4 Å². The van der Waals surface area contributed by atoms with E-state index >= 15 is 0 Å². The summed E-state index contributed by atoms with van der Waals surface area (Å²) in [7, 11) is 0. The molecule has 1 aliphatic carbocycles. The maximum Gasteiger partial charge on any atom is 0.271 e. The minimum absolute atomic E-state index is 0.0791. The summed E-state index contributed by atoms with van der Waals surface area (Å²) >= 11 is 1.43. The maximum atomic E-state index is 11.9. The molecule has 1 saturated carbocycles. The fourth-order valence-electron chi connectivity index (χ4n) is 2.08. The zero-order chi connectivity index (χ0) is 11.0. The summed E-state index contributed by atoms with van der Waals surface area (Å²) in [6.07, 6.45) is 6.28. The van der Waals surface area contributed by atoms with E-state index < -0.39 is 0 Å². The second-order valence-electron chi connectivity index (χ2n) is 4.05. The number of nitrogens with one attached hydrogen (secondary N) is 1. The lowest BCUT2D eigenvalue weighted by atomic mass is 10.2. The van der Waals surface area contributed by atoms with Gasteiger partial charge in [0.2, 0.25) is 4.96 Å². The molecule has 1 amide bonds. The Morgan fingerprint density at radius 3 is 3.06 bits per heavy atom. The third-order valence-electron chi connectivity index (χ3n) is 2.91. The molecule has 84 valence electrons. The molecule has 0 aliphatic heterocycles. The number of carbonyl (C=O) groups is 1. The number of hydrogen-bond acceptors (Lipinski definition) is 4. The molecule has 2 heterocycles. The monoisotopic (exact) mass is 236 g/mol. The van der Waals surface area contributed by atoms with E-state index in [1.807, 2.05) is 0 Å². The Kier molecular flexibility index (Phi) is 2.36. The Bertz CT molecular complexity index is 483. The molecule has 3 rings (SSSR count). The van der Waals surface area contributed by atoms with Crippen LogP contribution in [0.3, 0.4) is 0 Å². The highest BCUT2D eigenvalue weighted by Crippen LogP contribution is 2.18. The largest absolute Gasteiger partial charge is 0.348 e. The van der Waals surface area contributed by atoms with Gasteiger partial charge in [-0.15, -0.1) is 0 Å². The molecule has 6 heteroatoms. The first-order chi connectivity index (χ1) is 7.83. The number of nitrogens with zero attached hydrogens (tertiary/aromatic N) is 3. The van der Waals surface area contributed by atoms with Gasteiger partial charge < -0.3 is 5.32 Å². The molecular weight excluding hydrogens is 224 g/mol. The van der Waals surface area contributed by atoms with Crippen molar-refractivity contribution in [3.05, 3.63) is 17.4 Å². The average molecular weight is 236 g/mol. The van der Waals surface area contributed by atoms with Crippen LogP contribution < -0.4 is 5.32 Å². The molecule has 0 aromatic carbocycles. The quantitative estimate of drug-likeness (QED) is 0.858. The molecule has 0 spiro atoms. The lowest BCUT2D eigenvalue weighted by Gasteiger charge is -2.09. The van der Waals surface area contributed by atoms with E-state index in [0.29, 0.717) is 11.7 Å². The van der Waals surface area contributed by atoms with E-state index in [1.165, 1.54) is 24.2 Å². The Balaban J connectivity index is 1.76. The highest BCUT2D eigenvalue weighted by atomic mass is 32.1. The van der Waals surface area contributed by atoms with Gasteiger partial charge in [-0.1, -0.05) is 24.2 Å². The van der Waals surface area contributed by atoms with E-state index in [0.717, 1.165) is 17.8 Å². The van der Waals surface area contributed by atoms with Gasteiger partial charge in [-0.2, -0.15) is 5.10 Å². The molecule has 0 saturated heterocycles. The van der Waals surface area contributed by atoms with Crippen LogP contribution >= 0.6 is 11.3 Å². The molecule has 1 fully saturated rings. The van der Waals surface area contributed by atoms with Crippen LogP contribution in [0, 0.1) is 0 Å². The van der Waals surface area contributed by atoms with Crippen molar-refractivity contribution in [2.24, 2.45) is 0 Å². The van der Waals surface area contributed by atoms with Gasteiger partial charge in [-0.25, -0.2) is 9.50 Å². The van der Waals surface area contributed by atoms with Gasteiger partial charge in [0.05, 0.1) is 6.20 Å². The molecule has 0 radical (unpaired) electrons. The highest BCUT2D eigenvalue weighted by Gasteiger charge is 2.19. The fourth-order valence-corrected chi connectivity index (χ4v) is 2.68.